The molecular weight excluding hydrogens is 475 g/mol. The molecule has 9 heteroatoms. The van der Waals surface area contributed by atoms with E-state index in [1.807, 2.05) is 18.2 Å². The molecule has 0 amide bonds. The molecule has 27 heavy (non-hydrogen) atoms. The highest BCUT2D eigenvalue weighted by molar-refractivity contribution is 14.1. The predicted molar refractivity (Wildman–Crippen MR) is 117 cm³/mol. The number of nitrogens with two attached hydrogens (primary N) is 1. The number of benzene rings is 1. The van der Waals surface area contributed by atoms with E-state index in [9.17, 15) is 0 Å². The summed E-state index contributed by atoms with van der Waals surface area (Å²) in [5.41, 5.74) is 7.46. The fourth-order valence-corrected chi connectivity index (χ4v) is 4.29. The van der Waals surface area contributed by atoms with Gasteiger partial charge in [-0.05, 0) is 66.7 Å². The van der Waals surface area contributed by atoms with Gasteiger partial charge in [0, 0.05) is 15.0 Å². The maximum absolute atomic E-state index is 6.03. The van der Waals surface area contributed by atoms with Crippen molar-refractivity contribution in [1.82, 2.24) is 24.8 Å². The Labute approximate surface area is 176 Å². The average Bonchev–Trinajstić information content (AvgIpc) is 3.02. The smallest absolute Gasteiger partial charge is 0.175 e. The summed E-state index contributed by atoms with van der Waals surface area (Å²) in [6.45, 7) is 4.96. The van der Waals surface area contributed by atoms with Crippen LogP contribution in [0.25, 0.3) is 11.2 Å². The van der Waals surface area contributed by atoms with Gasteiger partial charge in [0.15, 0.2) is 22.1 Å². The van der Waals surface area contributed by atoms with Gasteiger partial charge in [0.05, 0.1) is 7.11 Å². The van der Waals surface area contributed by atoms with Gasteiger partial charge in [0.2, 0.25) is 0 Å². The molecule has 3 rings (SSSR count). The van der Waals surface area contributed by atoms with E-state index in [-0.39, 0.29) is 0 Å². The molecular formula is C18H23IN6OS. The number of aromatic nitrogens is 4. The van der Waals surface area contributed by atoms with Crippen molar-refractivity contribution in [2.75, 3.05) is 25.9 Å². The quantitative estimate of drug-likeness (QED) is 0.345. The lowest BCUT2D eigenvalue weighted by Gasteiger charge is -2.10. The summed E-state index contributed by atoms with van der Waals surface area (Å²) < 4.78 is 8.63. The largest absolute Gasteiger partial charge is 0.497 e. The number of nitrogens with one attached hydrogen (secondary N) is 1. The molecule has 2 aromatic heterocycles. The summed E-state index contributed by atoms with van der Waals surface area (Å²) in [5.74, 6) is 1.23. The van der Waals surface area contributed by atoms with E-state index >= 15 is 0 Å². The Kier molecular flexibility index (Phi) is 7.13. The highest BCUT2D eigenvalue weighted by Crippen LogP contribution is 2.35. The molecule has 0 spiro atoms. The van der Waals surface area contributed by atoms with Crippen molar-refractivity contribution < 1.29 is 4.74 Å². The van der Waals surface area contributed by atoms with Crippen molar-refractivity contribution >= 4 is 51.3 Å². The van der Waals surface area contributed by atoms with E-state index in [4.69, 9.17) is 15.5 Å². The fraction of sp³-hybridized carbons (Fsp3) is 0.389. The van der Waals surface area contributed by atoms with Gasteiger partial charge in [0.25, 0.3) is 0 Å². The number of nitrogen functional groups attached to an aromatic ring is 1. The Morgan fingerprint density at radius 3 is 2.93 bits per heavy atom. The van der Waals surface area contributed by atoms with Gasteiger partial charge in [-0.25, -0.2) is 15.0 Å². The molecule has 7 nitrogen and oxygen atoms in total. The van der Waals surface area contributed by atoms with Crippen LogP contribution >= 0.6 is 34.4 Å². The number of fused-ring (bicyclic) bond motifs is 1. The summed E-state index contributed by atoms with van der Waals surface area (Å²) in [5, 5.41) is 4.29. The van der Waals surface area contributed by atoms with Crippen LogP contribution in [0.5, 0.6) is 5.75 Å². The van der Waals surface area contributed by atoms with E-state index < -0.39 is 0 Å². The maximum atomic E-state index is 6.03. The molecule has 0 atom stereocenters. The van der Waals surface area contributed by atoms with Crippen LogP contribution in [-0.4, -0.2) is 39.7 Å². The molecule has 0 bridgehead atoms. The monoisotopic (exact) mass is 498 g/mol. The van der Waals surface area contributed by atoms with Crippen LogP contribution in [0.2, 0.25) is 0 Å². The van der Waals surface area contributed by atoms with Gasteiger partial charge in [-0.3, -0.25) is 0 Å². The Bertz CT molecular complexity index is 916. The molecule has 0 aliphatic heterocycles. The zero-order valence-corrected chi connectivity index (χ0v) is 18.4. The molecule has 0 saturated heterocycles. The third-order valence-electron chi connectivity index (χ3n) is 4.03. The average molecular weight is 498 g/mol. The molecule has 0 aliphatic carbocycles. The minimum absolute atomic E-state index is 0.407. The second-order valence-electron chi connectivity index (χ2n) is 5.98. The van der Waals surface area contributed by atoms with Crippen molar-refractivity contribution in [3.63, 3.8) is 0 Å². The summed E-state index contributed by atoms with van der Waals surface area (Å²) in [7, 11) is 1.67. The zero-order valence-electron chi connectivity index (χ0n) is 15.4. The predicted octanol–water partition coefficient (Wildman–Crippen LogP) is 3.56. The SMILES string of the molecule is CCCNCCCn1c(Sc2cc(OC)ccc2I)nc2c(N)ncnc21. The molecule has 0 fully saturated rings. The number of aryl methyl sites for hydroxylation is 1. The topological polar surface area (TPSA) is 90.9 Å². The minimum atomic E-state index is 0.407. The van der Waals surface area contributed by atoms with Crippen LogP contribution in [-0.2, 0) is 6.54 Å². The van der Waals surface area contributed by atoms with Crippen molar-refractivity contribution in [2.24, 2.45) is 0 Å². The van der Waals surface area contributed by atoms with Crippen molar-refractivity contribution in [3.8, 4) is 5.75 Å². The van der Waals surface area contributed by atoms with Gasteiger partial charge in [-0.2, -0.15) is 0 Å². The molecule has 0 aliphatic rings. The van der Waals surface area contributed by atoms with Crippen LogP contribution < -0.4 is 15.8 Å². The highest BCUT2D eigenvalue weighted by Gasteiger charge is 2.17. The summed E-state index contributed by atoms with van der Waals surface area (Å²) in [4.78, 5) is 14.3. The fourth-order valence-electron chi connectivity index (χ4n) is 2.66. The molecule has 0 radical (unpaired) electrons. The standard InChI is InChI=1S/C18H23IN6OS/c1-3-7-21-8-4-9-25-17-15(16(20)22-11-23-17)24-18(25)27-14-10-12(26-2)5-6-13(14)19/h5-6,10-11,21H,3-4,7-9H2,1-2H3,(H2,20,22,23). The second-order valence-corrected chi connectivity index (χ2v) is 8.15. The lowest BCUT2D eigenvalue weighted by molar-refractivity contribution is 0.413. The minimum Gasteiger partial charge on any atom is -0.497 e. The van der Waals surface area contributed by atoms with Crippen molar-refractivity contribution in [3.05, 3.63) is 28.1 Å². The molecule has 3 aromatic rings. The van der Waals surface area contributed by atoms with E-state index in [1.165, 1.54) is 6.33 Å². The molecule has 2 heterocycles. The molecule has 144 valence electrons. The van der Waals surface area contributed by atoms with E-state index in [0.717, 1.165) is 57.5 Å². The Morgan fingerprint density at radius 2 is 2.15 bits per heavy atom. The lowest BCUT2D eigenvalue weighted by Crippen LogP contribution is -2.17. The number of imidazole rings is 1. The number of hydrogen-bond donors (Lipinski definition) is 2. The summed E-state index contributed by atoms with van der Waals surface area (Å²) in [6, 6.07) is 6.02. The van der Waals surface area contributed by atoms with E-state index in [2.05, 4.69) is 49.4 Å². The van der Waals surface area contributed by atoms with Gasteiger partial charge in [-0.15, -0.1) is 0 Å². The maximum Gasteiger partial charge on any atom is 0.175 e. The van der Waals surface area contributed by atoms with Gasteiger partial charge in [-0.1, -0.05) is 18.7 Å². The molecule has 0 saturated carbocycles. The number of anilines is 1. The summed E-state index contributed by atoms with van der Waals surface area (Å²) in [6.07, 6.45) is 3.61. The Balaban J connectivity index is 1.91. The van der Waals surface area contributed by atoms with E-state index in [0.29, 0.717) is 11.3 Å². The number of nitrogens with zero attached hydrogens (tertiary/aromatic N) is 4. The number of halogens is 1. The van der Waals surface area contributed by atoms with Crippen LogP contribution in [0, 0.1) is 3.57 Å². The van der Waals surface area contributed by atoms with Crippen LogP contribution in [0.3, 0.4) is 0 Å². The number of methoxy groups -OCH3 is 1. The first-order chi connectivity index (χ1) is 13.1. The number of rotatable bonds is 9. The van der Waals surface area contributed by atoms with Gasteiger partial charge < -0.3 is 20.4 Å². The normalized spacial score (nSPS) is 11.2. The van der Waals surface area contributed by atoms with Gasteiger partial charge in [0.1, 0.15) is 12.1 Å². The van der Waals surface area contributed by atoms with Crippen LogP contribution in [0.15, 0.2) is 34.6 Å². The zero-order chi connectivity index (χ0) is 19.2. The third kappa shape index (κ3) is 4.82. The van der Waals surface area contributed by atoms with Crippen molar-refractivity contribution in [1.29, 1.82) is 0 Å². The number of hydrogen-bond acceptors (Lipinski definition) is 7. The lowest BCUT2D eigenvalue weighted by atomic mass is 10.3. The first kappa shape index (κ1) is 20.2. The third-order valence-corrected chi connectivity index (χ3v) is 6.39. The second kappa shape index (κ2) is 9.56. The van der Waals surface area contributed by atoms with Gasteiger partial charge >= 0.3 is 0 Å². The van der Waals surface area contributed by atoms with E-state index in [1.54, 1.807) is 18.9 Å². The first-order valence-corrected chi connectivity index (χ1v) is 10.7. The molecule has 0 unspecified atom stereocenters. The molecule has 1 aromatic carbocycles. The Morgan fingerprint density at radius 1 is 1.30 bits per heavy atom. The first-order valence-electron chi connectivity index (χ1n) is 8.82. The highest BCUT2D eigenvalue weighted by atomic mass is 127. The number of ether oxygens (including phenoxy) is 1. The Hall–Kier alpha value is -1.59. The molecule has 3 N–H and O–H groups in total. The van der Waals surface area contributed by atoms with Crippen LogP contribution in [0.1, 0.15) is 19.8 Å². The van der Waals surface area contributed by atoms with Crippen molar-refractivity contribution in [2.45, 2.75) is 36.4 Å². The van der Waals surface area contributed by atoms with Crippen LogP contribution in [0.4, 0.5) is 5.82 Å². The summed E-state index contributed by atoms with van der Waals surface area (Å²) >= 11 is 3.92.